The summed E-state index contributed by atoms with van der Waals surface area (Å²) in [7, 11) is 0. The Bertz CT molecular complexity index is 2240. The standard InChI is InChI=1S/2C22H26N2O.3NO3.Tb/c2*1-14(2)18-10-6-15(3)13-19(18)25-20-11-9-17-8-7-16-5-4-12-23-21(16)22(17)24-20;3*2-1(3)4;/h2*4-5,7-9,11-12,14-15,18-19H,6,10,13H2,1-3H3;;;;/q;;3*-1;+3/t2*15-,18+,19-;;;;/m11..../s1. The van der Waals surface area contributed by atoms with E-state index < -0.39 is 15.3 Å². The van der Waals surface area contributed by atoms with Crippen LogP contribution >= 0.6 is 0 Å². The smallest absolute Gasteiger partial charge is 0.474 e. The average molecular weight is 1010 g/mol. The molecule has 0 N–H and O–H groups in total. The zero-order valence-electron chi connectivity index (χ0n) is 35.9. The van der Waals surface area contributed by atoms with Crippen molar-refractivity contribution >= 4 is 43.6 Å². The Kier molecular flexibility index (Phi) is 20.6. The van der Waals surface area contributed by atoms with Gasteiger partial charge in [-0.15, -0.1) is 0 Å². The van der Waals surface area contributed by atoms with Gasteiger partial charge in [-0.3, -0.25) is 9.97 Å². The molecule has 6 aromatic rings. The van der Waals surface area contributed by atoms with Crippen LogP contribution in [0.3, 0.4) is 0 Å². The number of fused-ring (bicyclic) bond motifs is 6. The summed E-state index contributed by atoms with van der Waals surface area (Å²) >= 11 is 0. The van der Waals surface area contributed by atoms with Gasteiger partial charge >= 0.3 is 38.6 Å². The van der Waals surface area contributed by atoms with Crippen molar-refractivity contribution in [3.05, 3.63) is 131 Å². The molecule has 2 aromatic carbocycles. The molecule has 4 heterocycles. The number of rotatable bonds is 6. The fraction of sp³-hybridized carbons (Fsp3) is 0.455. The molecule has 0 saturated heterocycles. The Morgan fingerprint density at radius 2 is 0.810 bits per heavy atom. The molecule has 0 aliphatic heterocycles. The maximum absolute atomic E-state index is 8.25. The van der Waals surface area contributed by atoms with Crippen LogP contribution in [0.4, 0.5) is 0 Å². The van der Waals surface area contributed by atoms with Gasteiger partial charge in [-0.1, -0.05) is 90.8 Å². The molecule has 2 fully saturated rings. The van der Waals surface area contributed by atoms with Gasteiger partial charge < -0.3 is 55.4 Å². The van der Waals surface area contributed by atoms with Crippen LogP contribution in [0.25, 0.3) is 43.6 Å². The normalized spacial score (nSPS) is 20.3. The third kappa shape index (κ3) is 16.0. The molecule has 2 saturated carbocycles. The van der Waals surface area contributed by atoms with Crippen molar-refractivity contribution in [3.8, 4) is 11.8 Å². The molecule has 338 valence electrons. The minimum atomic E-state index is -1.75. The van der Waals surface area contributed by atoms with E-state index >= 15 is 0 Å². The van der Waals surface area contributed by atoms with Gasteiger partial charge in [0, 0.05) is 46.1 Å². The van der Waals surface area contributed by atoms with E-state index in [9.17, 15) is 0 Å². The minimum Gasteiger partial charge on any atom is -0.474 e. The summed E-state index contributed by atoms with van der Waals surface area (Å²) in [6.45, 7) is 13.9. The van der Waals surface area contributed by atoms with Crippen LogP contribution in [0, 0.1) is 120 Å². The number of benzene rings is 2. The first kappa shape index (κ1) is 51.9. The summed E-state index contributed by atoms with van der Waals surface area (Å²) in [5.74, 6) is 5.41. The molecule has 19 heteroatoms. The third-order valence-corrected chi connectivity index (χ3v) is 11.3. The van der Waals surface area contributed by atoms with Crippen molar-refractivity contribution in [2.45, 2.75) is 92.3 Å². The maximum Gasteiger partial charge on any atom is 3.00 e. The topological polar surface area (TPSA) is 269 Å². The molecule has 4 aromatic heterocycles. The van der Waals surface area contributed by atoms with Crippen molar-refractivity contribution < 1.29 is 63.3 Å². The molecule has 0 amide bonds. The average Bonchev–Trinajstić information content (AvgIpc) is 3.20. The monoisotopic (exact) mass is 1010 g/mol. The van der Waals surface area contributed by atoms with E-state index in [2.05, 4.69) is 100 Å². The minimum absolute atomic E-state index is 0. The summed E-state index contributed by atoms with van der Waals surface area (Å²) in [5.41, 5.74) is 3.76. The Labute approximate surface area is 395 Å². The molecular weight excluding hydrogens is 961 g/mol. The van der Waals surface area contributed by atoms with Gasteiger partial charge in [-0.05, 0) is 85.5 Å². The molecule has 0 spiro atoms. The number of ether oxygens (including phenoxy) is 2. The van der Waals surface area contributed by atoms with Gasteiger partial charge in [0.15, 0.2) is 0 Å². The van der Waals surface area contributed by atoms with E-state index in [1.54, 1.807) is 0 Å². The van der Waals surface area contributed by atoms with Crippen molar-refractivity contribution in [3.63, 3.8) is 0 Å². The van der Waals surface area contributed by atoms with E-state index in [1.165, 1.54) is 25.7 Å². The van der Waals surface area contributed by atoms with Crippen molar-refractivity contribution in [1.82, 2.24) is 19.9 Å². The Morgan fingerprint density at radius 3 is 1.13 bits per heavy atom. The summed E-state index contributed by atoms with van der Waals surface area (Å²) in [6, 6.07) is 24.7. The number of aromatic nitrogens is 4. The molecule has 0 radical (unpaired) electrons. The van der Waals surface area contributed by atoms with Crippen LogP contribution in [0.2, 0.25) is 0 Å². The second-order valence-electron chi connectivity index (χ2n) is 16.4. The first-order valence-corrected chi connectivity index (χ1v) is 20.5. The molecule has 8 rings (SSSR count). The Morgan fingerprint density at radius 1 is 0.508 bits per heavy atom. The van der Waals surface area contributed by atoms with E-state index in [1.807, 2.05) is 36.7 Å². The summed E-state index contributed by atoms with van der Waals surface area (Å²) in [5, 5.41) is 48.7. The number of nitrogens with zero attached hydrogens (tertiary/aromatic N) is 7. The Hall–Kier alpha value is -5.43. The predicted octanol–water partition coefficient (Wildman–Crippen LogP) is 10.5. The van der Waals surface area contributed by atoms with Gasteiger partial charge in [0.05, 0.1) is 26.3 Å². The largest absolute Gasteiger partial charge is 3.00 e. The number of hydrogen-bond acceptors (Lipinski definition) is 15. The van der Waals surface area contributed by atoms with Gasteiger partial charge in [0.2, 0.25) is 11.8 Å². The van der Waals surface area contributed by atoms with Crippen LogP contribution in [0.5, 0.6) is 11.8 Å². The van der Waals surface area contributed by atoms with Gasteiger partial charge in [-0.2, -0.15) is 0 Å². The van der Waals surface area contributed by atoms with Crippen LogP contribution in [-0.2, 0) is 0 Å². The molecule has 2 aliphatic carbocycles. The van der Waals surface area contributed by atoms with Crippen LogP contribution in [0.15, 0.2) is 85.2 Å². The van der Waals surface area contributed by atoms with Crippen molar-refractivity contribution in [2.75, 3.05) is 0 Å². The predicted molar refractivity (Wildman–Crippen MR) is 237 cm³/mol. The zero-order valence-corrected chi connectivity index (χ0v) is 38.0. The van der Waals surface area contributed by atoms with E-state index in [0.717, 1.165) is 80.0 Å². The third-order valence-electron chi connectivity index (χ3n) is 11.3. The van der Waals surface area contributed by atoms with Crippen LogP contribution < -0.4 is 9.47 Å². The quantitative estimate of drug-likeness (QED) is 0.0852. The van der Waals surface area contributed by atoms with Crippen molar-refractivity contribution in [1.29, 1.82) is 0 Å². The maximum atomic E-state index is 8.25. The van der Waals surface area contributed by atoms with Crippen molar-refractivity contribution in [2.24, 2.45) is 35.5 Å². The number of hydrogen-bond donors (Lipinski definition) is 0. The summed E-state index contributed by atoms with van der Waals surface area (Å²) in [6.07, 6.45) is 11.5. The summed E-state index contributed by atoms with van der Waals surface area (Å²) in [4.78, 5) is 43.5. The second kappa shape index (κ2) is 25.0. The fourth-order valence-electron chi connectivity index (χ4n) is 8.35. The number of pyridine rings is 4. The fourth-order valence-corrected chi connectivity index (χ4v) is 8.35. The molecule has 63 heavy (non-hydrogen) atoms. The molecule has 0 bridgehead atoms. The SMILES string of the molecule is CC(C)[C@@H]1CC[C@@H](C)C[C@H]1Oc1ccc2ccc3cccnc3c2n1.CC(C)[C@@H]1CC[C@@H](C)C[C@H]1Oc1ccc2ccc3cccnc3c2n1.O=[N+]([O-])[O-].O=[N+]([O-])[O-].O=[N+]([O-])[O-].[Tb+3]. The molecule has 18 nitrogen and oxygen atoms in total. The first-order chi connectivity index (χ1) is 29.4. The first-order valence-electron chi connectivity index (χ1n) is 20.5. The van der Waals surface area contributed by atoms with Gasteiger partial charge in [0.1, 0.15) is 23.2 Å². The molecule has 2 aliphatic rings. The Balaban J connectivity index is 0.000000264. The van der Waals surface area contributed by atoms with Gasteiger partial charge in [-0.25, -0.2) is 9.97 Å². The molecular formula is C44H52N7O11Tb. The second-order valence-corrected chi connectivity index (χ2v) is 16.4. The van der Waals surface area contributed by atoms with E-state index in [0.29, 0.717) is 23.7 Å². The van der Waals surface area contributed by atoms with Crippen LogP contribution in [-0.4, -0.2) is 47.4 Å². The summed E-state index contributed by atoms with van der Waals surface area (Å²) < 4.78 is 12.8. The molecule has 0 unspecified atom stereocenters. The van der Waals surface area contributed by atoms with Gasteiger partial charge in [0.25, 0.3) is 0 Å². The van der Waals surface area contributed by atoms with Crippen LogP contribution in [0.1, 0.15) is 80.1 Å². The van der Waals surface area contributed by atoms with E-state index in [4.69, 9.17) is 65.4 Å². The molecule has 6 atom stereocenters. The van der Waals surface area contributed by atoms with E-state index in [-0.39, 0.29) is 50.8 Å². The zero-order chi connectivity index (χ0) is 45.5.